The highest BCUT2D eigenvalue weighted by Crippen LogP contribution is 2.31. The summed E-state index contributed by atoms with van der Waals surface area (Å²) in [5, 5.41) is 5.48. The second kappa shape index (κ2) is 5.62. The maximum atomic E-state index is 11.8. The SMILES string of the molecule is CC(=O)n1nc(C)c2cc(C)c(N(C)c3ccnc(Cl)n3)cc21. The van der Waals surface area contributed by atoms with Crippen LogP contribution in [-0.4, -0.2) is 32.7 Å². The highest BCUT2D eigenvalue weighted by molar-refractivity contribution is 6.28. The molecule has 0 bridgehead atoms. The van der Waals surface area contributed by atoms with Crippen LogP contribution in [0.1, 0.15) is 23.0 Å². The fourth-order valence-electron chi connectivity index (χ4n) is 2.65. The van der Waals surface area contributed by atoms with Crippen molar-refractivity contribution in [3.05, 3.63) is 40.9 Å². The summed E-state index contributed by atoms with van der Waals surface area (Å²) in [5.74, 6) is 0.559. The number of hydrogen-bond donors (Lipinski definition) is 0. The zero-order valence-corrected chi connectivity index (χ0v) is 14.1. The Balaban J connectivity index is 2.19. The number of carbonyl (C=O) groups excluding carboxylic acids is 1. The molecule has 0 aliphatic heterocycles. The van der Waals surface area contributed by atoms with E-state index in [9.17, 15) is 4.79 Å². The highest BCUT2D eigenvalue weighted by atomic mass is 35.5. The summed E-state index contributed by atoms with van der Waals surface area (Å²) in [7, 11) is 1.90. The minimum absolute atomic E-state index is 0.120. The van der Waals surface area contributed by atoms with E-state index < -0.39 is 0 Å². The summed E-state index contributed by atoms with van der Waals surface area (Å²) >= 11 is 5.87. The smallest absolute Gasteiger partial charge is 0.244 e. The predicted octanol–water partition coefficient (Wildman–Crippen LogP) is 3.52. The molecule has 7 heteroatoms. The van der Waals surface area contributed by atoms with Crippen LogP contribution in [0.25, 0.3) is 10.9 Å². The van der Waals surface area contributed by atoms with Gasteiger partial charge in [0.1, 0.15) is 5.82 Å². The minimum Gasteiger partial charge on any atom is -0.329 e. The first-order valence-corrected chi connectivity index (χ1v) is 7.49. The number of anilines is 2. The van der Waals surface area contributed by atoms with Gasteiger partial charge in [0.25, 0.3) is 0 Å². The van der Waals surface area contributed by atoms with Crippen molar-refractivity contribution in [2.75, 3.05) is 11.9 Å². The number of aryl methyl sites for hydroxylation is 2. The normalized spacial score (nSPS) is 11.0. The summed E-state index contributed by atoms with van der Waals surface area (Å²) in [6.07, 6.45) is 1.61. The highest BCUT2D eigenvalue weighted by Gasteiger charge is 2.16. The third-order valence-electron chi connectivity index (χ3n) is 3.80. The topological polar surface area (TPSA) is 63.9 Å². The molecule has 1 aromatic carbocycles. The summed E-state index contributed by atoms with van der Waals surface area (Å²) in [4.78, 5) is 21.8. The summed E-state index contributed by atoms with van der Waals surface area (Å²) in [5.41, 5.74) is 3.59. The third-order valence-corrected chi connectivity index (χ3v) is 3.98. The Bertz CT molecular complexity index is 918. The second-order valence-corrected chi connectivity index (χ2v) is 5.75. The van der Waals surface area contributed by atoms with E-state index in [1.165, 1.54) is 11.6 Å². The molecule has 0 N–H and O–H groups in total. The number of carbonyl (C=O) groups is 1. The second-order valence-electron chi connectivity index (χ2n) is 5.41. The first-order valence-electron chi connectivity index (χ1n) is 7.11. The lowest BCUT2D eigenvalue weighted by molar-refractivity contribution is 0.0926. The largest absolute Gasteiger partial charge is 0.329 e. The third kappa shape index (κ3) is 2.66. The lowest BCUT2D eigenvalue weighted by atomic mass is 10.1. The Labute approximate surface area is 138 Å². The van der Waals surface area contributed by atoms with E-state index in [0.717, 1.165) is 27.8 Å². The molecule has 118 valence electrons. The van der Waals surface area contributed by atoms with Gasteiger partial charge in [-0.25, -0.2) is 9.97 Å². The number of fused-ring (bicyclic) bond motifs is 1. The number of nitrogens with zero attached hydrogens (tertiary/aromatic N) is 5. The van der Waals surface area contributed by atoms with Crippen LogP contribution in [0.2, 0.25) is 5.28 Å². The Morgan fingerprint density at radius 3 is 2.70 bits per heavy atom. The molecular weight excluding hydrogens is 314 g/mol. The van der Waals surface area contributed by atoms with Crippen molar-refractivity contribution >= 4 is 39.9 Å². The van der Waals surface area contributed by atoms with Crippen LogP contribution in [-0.2, 0) is 0 Å². The van der Waals surface area contributed by atoms with Crippen molar-refractivity contribution in [2.45, 2.75) is 20.8 Å². The zero-order valence-electron chi connectivity index (χ0n) is 13.3. The van der Waals surface area contributed by atoms with Crippen LogP contribution in [0.5, 0.6) is 0 Å². The zero-order chi connectivity index (χ0) is 16.7. The van der Waals surface area contributed by atoms with Crippen LogP contribution < -0.4 is 4.90 Å². The molecule has 3 aromatic rings. The van der Waals surface area contributed by atoms with Crippen LogP contribution in [0.4, 0.5) is 11.5 Å². The van der Waals surface area contributed by atoms with Gasteiger partial charge < -0.3 is 4.90 Å². The van der Waals surface area contributed by atoms with E-state index in [2.05, 4.69) is 15.1 Å². The Morgan fingerprint density at radius 2 is 2.04 bits per heavy atom. The lowest BCUT2D eigenvalue weighted by Crippen LogP contribution is -2.13. The van der Waals surface area contributed by atoms with Crippen LogP contribution in [0.3, 0.4) is 0 Å². The number of halogens is 1. The molecule has 0 amide bonds. The molecule has 0 aliphatic rings. The van der Waals surface area contributed by atoms with Crippen LogP contribution in [0, 0.1) is 13.8 Å². The molecule has 0 fully saturated rings. The first kappa shape index (κ1) is 15.4. The number of benzene rings is 1. The van der Waals surface area contributed by atoms with E-state index in [1.807, 2.05) is 37.9 Å². The fourth-order valence-corrected chi connectivity index (χ4v) is 2.79. The van der Waals surface area contributed by atoms with Gasteiger partial charge in [0.05, 0.1) is 11.2 Å². The van der Waals surface area contributed by atoms with E-state index in [4.69, 9.17) is 11.6 Å². The molecule has 6 nitrogen and oxygen atoms in total. The molecule has 2 heterocycles. The molecule has 23 heavy (non-hydrogen) atoms. The van der Waals surface area contributed by atoms with E-state index >= 15 is 0 Å². The van der Waals surface area contributed by atoms with Crippen molar-refractivity contribution < 1.29 is 4.79 Å². The van der Waals surface area contributed by atoms with Gasteiger partial charge in [-0.1, -0.05) is 0 Å². The van der Waals surface area contributed by atoms with E-state index in [0.29, 0.717) is 5.82 Å². The summed E-state index contributed by atoms with van der Waals surface area (Å²) in [6.45, 7) is 5.41. The lowest BCUT2D eigenvalue weighted by Gasteiger charge is -2.20. The Hall–Kier alpha value is -2.47. The van der Waals surface area contributed by atoms with E-state index in [1.54, 1.807) is 12.3 Å². The van der Waals surface area contributed by atoms with Crippen molar-refractivity contribution in [3.8, 4) is 0 Å². The molecule has 0 spiro atoms. The average molecular weight is 330 g/mol. The Morgan fingerprint density at radius 1 is 1.30 bits per heavy atom. The summed E-state index contributed by atoms with van der Waals surface area (Å²) < 4.78 is 1.43. The molecule has 0 saturated heterocycles. The van der Waals surface area contributed by atoms with Crippen LogP contribution >= 0.6 is 11.6 Å². The maximum absolute atomic E-state index is 11.8. The van der Waals surface area contributed by atoms with Gasteiger partial charge in [-0.05, 0) is 49.2 Å². The molecule has 0 aliphatic carbocycles. The van der Waals surface area contributed by atoms with Crippen molar-refractivity contribution in [2.24, 2.45) is 0 Å². The van der Waals surface area contributed by atoms with Crippen molar-refractivity contribution in [1.82, 2.24) is 19.7 Å². The van der Waals surface area contributed by atoms with Gasteiger partial charge >= 0.3 is 0 Å². The molecule has 3 rings (SSSR count). The fraction of sp³-hybridized carbons (Fsp3) is 0.250. The first-order chi connectivity index (χ1) is 10.9. The van der Waals surface area contributed by atoms with Gasteiger partial charge in [-0.3, -0.25) is 4.79 Å². The average Bonchev–Trinajstić information content (AvgIpc) is 2.82. The van der Waals surface area contributed by atoms with Crippen molar-refractivity contribution in [1.29, 1.82) is 0 Å². The Kier molecular flexibility index (Phi) is 3.77. The van der Waals surface area contributed by atoms with Gasteiger partial charge in [-0.2, -0.15) is 9.78 Å². The molecule has 0 saturated carbocycles. The van der Waals surface area contributed by atoms with Crippen LogP contribution in [0.15, 0.2) is 24.4 Å². The van der Waals surface area contributed by atoms with Gasteiger partial charge in [0.2, 0.25) is 11.2 Å². The molecular formula is C16H16ClN5O. The van der Waals surface area contributed by atoms with Gasteiger partial charge in [0.15, 0.2) is 0 Å². The molecule has 0 atom stereocenters. The minimum atomic E-state index is -0.120. The monoisotopic (exact) mass is 329 g/mol. The molecule has 0 radical (unpaired) electrons. The van der Waals surface area contributed by atoms with Crippen molar-refractivity contribution in [3.63, 3.8) is 0 Å². The van der Waals surface area contributed by atoms with Gasteiger partial charge in [0, 0.05) is 31.2 Å². The maximum Gasteiger partial charge on any atom is 0.244 e. The predicted molar refractivity (Wildman–Crippen MR) is 90.6 cm³/mol. The van der Waals surface area contributed by atoms with E-state index in [-0.39, 0.29) is 11.2 Å². The molecule has 0 unspecified atom stereocenters. The number of hydrogen-bond acceptors (Lipinski definition) is 5. The summed E-state index contributed by atoms with van der Waals surface area (Å²) in [6, 6.07) is 5.76. The molecule has 2 aromatic heterocycles. The standard InChI is InChI=1S/C16H16ClN5O/c1-9-7-12-10(2)20-22(11(3)23)14(12)8-13(9)21(4)15-5-6-18-16(17)19-15/h5-8H,1-4H3. The quantitative estimate of drug-likeness (QED) is 0.673. The number of aromatic nitrogens is 4. The number of rotatable bonds is 2. The van der Waals surface area contributed by atoms with Gasteiger partial charge in [-0.15, -0.1) is 0 Å².